The van der Waals surface area contributed by atoms with Gasteiger partial charge in [0, 0.05) is 12.5 Å². The van der Waals surface area contributed by atoms with E-state index in [9.17, 15) is 0 Å². The van der Waals surface area contributed by atoms with Crippen molar-refractivity contribution in [2.24, 2.45) is 17.6 Å². The maximum atomic E-state index is 7.49. The van der Waals surface area contributed by atoms with Crippen LogP contribution < -0.4 is 5.73 Å². The number of likely N-dealkylation sites (tertiary alicyclic amines) is 1. The van der Waals surface area contributed by atoms with Crippen molar-refractivity contribution in [3.05, 3.63) is 12.2 Å². The predicted octanol–water partition coefficient (Wildman–Crippen LogP) is 1.08. The average Bonchev–Trinajstić information content (AvgIpc) is 2.76. The van der Waals surface area contributed by atoms with Crippen molar-refractivity contribution in [3.8, 4) is 0 Å². The Kier molecular flexibility index (Phi) is 4.52. The van der Waals surface area contributed by atoms with E-state index >= 15 is 0 Å². The van der Waals surface area contributed by atoms with Crippen LogP contribution >= 0.6 is 0 Å². The van der Waals surface area contributed by atoms with Gasteiger partial charge >= 0.3 is 0 Å². The number of piperidine rings is 1. The van der Waals surface area contributed by atoms with Crippen molar-refractivity contribution >= 4 is 5.84 Å². The standard InChI is InChI=1S/C13H24N6/c1-10(2)7-19-12(16-9-17-19)8-18-5-3-11(4-6-18)13(14)15/h9-11H,3-8H2,1-2H3,(H3,14,15). The number of nitrogens with one attached hydrogen (secondary N) is 1. The first-order valence-electron chi connectivity index (χ1n) is 6.99. The molecule has 2 rings (SSSR count). The summed E-state index contributed by atoms with van der Waals surface area (Å²) in [6.07, 6.45) is 3.60. The van der Waals surface area contributed by atoms with E-state index in [0.29, 0.717) is 11.8 Å². The van der Waals surface area contributed by atoms with Crippen LogP contribution in [-0.4, -0.2) is 38.6 Å². The molecule has 1 aliphatic heterocycles. The lowest BCUT2D eigenvalue weighted by atomic mass is 9.96. The van der Waals surface area contributed by atoms with Crippen molar-refractivity contribution in [2.45, 2.75) is 39.8 Å². The molecule has 1 aliphatic rings. The molecule has 6 heteroatoms. The van der Waals surface area contributed by atoms with E-state index in [1.807, 2.05) is 4.68 Å². The molecule has 6 nitrogen and oxygen atoms in total. The van der Waals surface area contributed by atoms with E-state index in [1.54, 1.807) is 6.33 Å². The zero-order valence-electron chi connectivity index (χ0n) is 11.8. The number of nitrogens with zero attached hydrogens (tertiary/aromatic N) is 4. The molecule has 2 heterocycles. The SMILES string of the molecule is CC(C)Cn1ncnc1CN1CCC(C(=N)N)CC1. The summed E-state index contributed by atoms with van der Waals surface area (Å²) in [5.41, 5.74) is 5.57. The molecule has 19 heavy (non-hydrogen) atoms. The molecule has 1 aromatic heterocycles. The highest BCUT2D eigenvalue weighted by molar-refractivity contribution is 5.79. The minimum atomic E-state index is 0.268. The van der Waals surface area contributed by atoms with Crippen molar-refractivity contribution in [1.29, 1.82) is 5.41 Å². The Morgan fingerprint density at radius 3 is 2.74 bits per heavy atom. The van der Waals surface area contributed by atoms with Gasteiger partial charge in [-0.15, -0.1) is 0 Å². The second-order valence-electron chi connectivity index (χ2n) is 5.76. The first-order valence-corrected chi connectivity index (χ1v) is 6.99. The fourth-order valence-electron chi connectivity index (χ4n) is 2.51. The lowest BCUT2D eigenvalue weighted by molar-refractivity contribution is 0.192. The van der Waals surface area contributed by atoms with Crippen LogP contribution in [0.1, 0.15) is 32.5 Å². The Balaban J connectivity index is 1.89. The molecule has 0 amide bonds. The fraction of sp³-hybridized carbons (Fsp3) is 0.769. The zero-order valence-corrected chi connectivity index (χ0v) is 11.8. The normalized spacial score (nSPS) is 18.1. The van der Waals surface area contributed by atoms with Gasteiger partial charge in [0.25, 0.3) is 0 Å². The molecule has 1 fully saturated rings. The van der Waals surface area contributed by atoms with Gasteiger partial charge in [0.1, 0.15) is 12.2 Å². The molecule has 0 atom stereocenters. The highest BCUT2D eigenvalue weighted by Crippen LogP contribution is 2.18. The monoisotopic (exact) mass is 264 g/mol. The van der Waals surface area contributed by atoms with Crippen LogP contribution in [0.2, 0.25) is 0 Å². The van der Waals surface area contributed by atoms with Crippen LogP contribution in [0.5, 0.6) is 0 Å². The van der Waals surface area contributed by atoms with Gasteiger partial charge in [-0.05, 0) is 31.8 Å². The molecule has 3 N–H and O–H groups in total. The van der Waals surface area contributed by atoms with Gasteiger partial charge in [-0.3, -0.25) is 10.3 Å². The quantitative estimate of drug-likeness (QED) is 0.616. The van der Waals surface area contributed by atoms with Crippen LogP contribution in [0.4, 0.5) is 0 Å². The van der Waals surface area contributed by atoms with Crippen LogP contribution in [0.3, 0.4) is 0 Å². The van der Waals surface area contributed by atoms with E-state index in [0.717, 1.165) is 44.8 Å². The molecular formula is C13H24N6. The summed E-state index contributed by atoms with van der Waals surface area (Å²) in [6.45, 7) is 8.10. The number of rotatable bonds is 5. The Bertz CT molecular complexity index is 417. The summed E-state index contributed by atoms with van der Waals surface area (Å²) in [4.78, 5) is 6.74. The first-order chi connectivity index (χ1) is 9.06. The Morgan fingerprint density at radius 1 is 1.47 bits per heavy atom. The van der Waals surface area contributed by atoms with Crippen molar-refractivity contribution in [1.82, 2.24) is 19.7 Å². The second kappa shape index (κ2) is 6.14. The predicted molar refractivity (Wildman–Crippen MR) is 74.8 cm³/mol. The summed E-state index contributed by atoms with van der Waals surface area (Å²) in [6, 6.07) is 0. The molecule has 0 unspecified atom stereocenters. The van der Waals surface area contributed by atoms with E-state index < -0.39 is 0 Å². The van der Waals surface area contributed by atoms with E-state index in [2.05, 4.69) is 28.8 Å². The fourth-order valence-corrected chi connectivity index (χ4v) is 2.51. The van der Waals surface area contributed by atoms with E-state index in [1.165, 1.54) is 0 Å². The smallest absolute Gasteiger partial charge is 0.141 e. The number of amidine groups is 1. The number of hydrogen-bond acceptors (Lipinski definition) is 4. The van der Waals surface area contributed by atoms with Gasteiger partial charge < -0.3 is 5.73 Å². The van der Waals surface area contributed by atoms with E-state index in [-0.39, 0.29) is 5.92 Å². The van der Waals surface area contributed by atoms with Gasteiger partial charge in [0.2, 0.25) is 0 Å². The number of nitrogens with two attached hydrogens (primary N) is 1. The third kappa shape index (κ3) is 3.76. The van der Waals surface area contributed by atoms with Gasteiger partial charge in [-0.1, -0.05) is 13.8 Å². The molecule has 1 saturated heterocycles. The summed E-state index contributed by atoms with van der Waals surface area (Å²) in [7, 11) is 0. The maximum Gasteiger partial charge on any atom is 0.141 e. The molecular weight excluding hydrogens is 240 g/mol. The van der Waals surface area contributed by atoms with Gasteiger partial charge in [-0.25, -0.2) is 9.67 Å². The minimum Gasteiger partial charge on any atom is -0.387 e. The molecule has 1 aromatic rings. The van der Waals surface area contributed by atoms with E-state index in [4.69, 9.17) is 11.1 Å². The van der Waals surface area contributed by atoms with Gasteiger partial charge in [-0.2, -0.15) is 5.10 Å². The molecule has 0 aromatic carbocycles. The number of hydrogen-bond donors (Lipinski definition) is 2. The Hall–Kier alpha value is -1.43. The number of aromatic nitrogens is 3. The molecule has 0 saturated carbocycles. The largest absolute Gasteiger partial charge is 0.387 e. The molecule has 0 radical (unpaired) electrons. The average molecular weight is 264 g/mol. The summed E-state index contributed by atoms with van der Waals surface area (Å²) in [5.74, 6) is 2.21. The topological polar surface area (TPSA) is 83.8 Å². The minimum absolute atomic E-state index is 0.268. The Labute approximate surface area is 114 Å². The third-order valence-corrected chi connectivity index (χ3v) is 3.63. The summed E-state index contributed by atoms with van der Waals surface area (Å²) < 4.78 is 2.00. The lowest BCUT2D eigenvalue weighted by Crippen LogP contribution is -2.38. The van der Waals surface area contributed by atoms with Gasteiger partial charge in [0.05, 0.1) is 12.4 Å². The van der Waals surface area contributed by atoms with Crippen LogP contribution in [0.25, 0.3) is 0 Å². The van der Waals surface area contributed by atoms with Crippen LogP contribution in [0, 0.1) is 17.2 Å². The highest BCUT2D eigenvalue weighted by Gasteiger charge is 2.22. The van der Waals surface area contributed by atoms with Crippen molar-refractivity contribution < 1.29 is 0 Å². The summed E-state index contributed by atoms with van der Waals surface area (Å²) >= 11 is 0. The van der Waals surface area contributed by atoms with Crippen LogP contribution in [0.15, 0.2) is 6.33 Å². The first kappa shape index (κ1) is 14.0. The lowest BCUT2D eigenvalue weighted by Gasteiger charge is -2.30. The molecule has 0 bridgehead atoms. The third-order valence-electron chi connectivity index (χ3n) is 3.63. The second-order valence-corrected chi connectivity index (χ2v) is 5.76. The van der Waals surface area contributed by atoms with Crippen molar-refractivity contribution in [2.75, 3.05) is 13.1 Å². The molecule has 0 spiro atoms. The highest BCUT2D eigenvalue weighted by atomic mass is 15.3. The Morgan fingerprint density at radius 2 is 2.16 bits per heavy atom. The molecule has 106 valence electrons. The zero-order chi connectivity index (χ0) is 13.8. The summed E-state index contributed by atoms with van der Waals surface area (Å²) in [5, 5.41) is 11.8. The molecule has 0 aliphatic carbocycles. The van der Waals surface area contributed by atoms with Crippen LogP contribution in [-0.2, 0) is 13.1 Å². The maximum absolute atomic E-state index is 7.49. The van der Waals surface area contributed by atoms with Gasteiger partial charge in [0.15, 0.2) is 0 Å². The van der Waals surface area contributed by atoms with Crippen molar-refractivity contribution in [3.63, 3.8) is 0 Å².